The minimum Gasteiger partial charge on any atom is -0.297 e. The number of nitrogens with one attached hydrogen (secondary N) is 1. The first-order valence-corrected chi connectivity index (χ1v) is 7.34. The lowest BCUT2D eigenvalue weighted by Gasteiger charge is -2.39. The van der Waals surface area contributed by atoms with E-state index in [0.717, 1.165) is 11.7 Å². The van der Waals surface area contributed by atoms with Gasteiger partial charge in [-0.05, 0) is 33.1 Å². The molecule has 0 bridgehead atoms. The molecule has 2 aliphatic heterocycles. The highest BCUT2D eigenvalue weighted by Gasteiger charge is 2.27. The van der Waals surface area contributed by atoms with Crippen LogP contribution in [-0.2, 0) is 0 Å². The van der Waals surface area contributed by atoms with E-state index in [2.05, 4.69) is 36.2 Å². The van der Waals surface area contributed by atoms with Crippen LogP contribution in [0, 0.1) is 0 Å². The third-order valence-electron chi connectivity index (χ3n) is 3.59. The van der Waals surface area contributed by atoms with E-state index in [1.165, 1.54) is 25.7 Å². The van der Waals surface area contributed by atoms with Gasteiger partial charge < -0.3 is 0 Å². The molecule has 3 unspecified atom stereocenters. The summed E-state index contributed by atoms with van der Waals surface area (Å²) in [6.45, 7) is 7.84. The number of hydrazine groups is 1. The van der Waals surface area contributed by atoms with Crippen LogP contribution in [-0.4, -0.2) is 34.1 Å². The summed E-state index contributed by atoms with van der Waals surface area (Å²) in [5.74, 6) is 0. The lowest BCUT2D eigenvalue weighted by atomic mass is 10.00. The molecule has 4 heteroatoms. The van der Waals surface area contributed by atoms with Crippen molar-refractivity contribution in [3.8, 4) is 0 Å². The van der Waals surface area contributed by atoms with Crippen LogP contribution in [0.2, 0.25) is 0 Å². The standard InChI is InChI=1S/C12H23N3S/c1-4-11-8-13-12(16-11)14-15-9(2)6-5-7-10(15)3/h9-11H,4-8H2,1-3H3,(H,13,14). The minimum absolute atomic E-state index is 0.632. The number of hydrogen-bond donors (Lipinski definition) is 1. The van der Waals surface area contributed by atoms with E-state index in [9.17, 15) is 0 Å². The summed E-state index contributed by atoms with van der Waals surface area (Å²) in [6.07, 6.45) is 5.17. The first-order chi connectivity index (χ1) is 7.70. The highest BCUT2D eigenvalue weighted by atomic mass is 32.2. The predicted molar refractivity (Wildman–Crippen MR) is 71.7 cm³/mol. The van der Waals surface area contributed by atoms with Crippen LogP contribution in [0.1, 0.15) is 46.5 Å². The second-order valence-electron chi connectivity index (χ2n) is 4.94. The molecular formula is C12H23N3S. The molecule has 16 heavy (non-hydrogen) atoms. The van der Waals surface area contributed by atoms with Crippen LogP contribution >= 0.6 is 11.8 Å². The van der Waals surface area contributed by atoms with E-state index in [4.69, 9.17) is 0 Å². The Balaban J connectivity index is 1.88. The molecule has 0 radical (unpaired) electrons. The molecule has 1 fully saturated rings. The number of thioether (sulfide) groups is 1. The molecule has 2 rings (SSSR count). The molecule has 2 heterocycles. The molecule has 0 saturated carbocycles. The van der Waals surface area contributed by atoms with Gasteiger partial charge in [-0.15, -0.1) is 0 Å². The van der Waals surface area contributed by atoms with Crippen molar-refractivity contribution in [2.45, 2.75) is 63.8 Å². The Labute approximate surface area is 103 Å². The molecule has 92 valence electrons. The van der Waals surface area contributed by atoms with Crippen molar-refractivity contribution >= 4 is 16.9 Å². The second kappa shape index (κ2) is 5.41. The monoisotopic (exact) mass is 241 g/mol. The van der Waals surface area contributed by atoms with Gasteiger partial charge in [-0.3, -0.25) is 10.4 Å². The lowest BCUT2D eigenvalue weighted by Crippen LogP contribution is -2.53. The Morgan fingerprint density at radius 1 is 1.38 bits per heavy atom. The SMILES string of the molecule is CCC1CN=C(NN2C(C)CCCC2C)S1. The van der Waals surface area contributed by atoms with Crippen molar-refractivity contribution in [3.63, 3.8) is 0 Å². The molecule has 0 amide bonds. The highest BCUT2D eigenvalue weighted by molar-refractivity contribution is 8.14. The third kappa shape index (κ3) is 2.72. The molecule has 0 aromatic rings. The van der Waals surface area contributed by atoms with Gasteiger partial charge in [0, 0.05) is 17.3 Å². The van der Waals surface area contributed by atoms with E-state index < -0.39 is 0 Å². The maximum atomic E-state index is 4.58. The largest absolute Gasteiger partial charge is 0.297 e. The molecular weight excluding hydrogens is 218 g/mol. The van der Waals surface area contributed by atoms with Crippen molar-refractivity contribution < 1.29 is 0 Å². The average molecular weight is 241 g/mol. The second-order valence-corrected chi connectivity index (χ2v) is 6.23. The number of amidine groups is 1. The summed E-state index contributed by atoms with van der Waals surface area (Å²) in [4.78, 5) is 4.58. The van der Waals surface area contributed by atoms with Gasteiger partial charge >= 0.3 is 0 Å². The Kier molecular flexibility index (Phi) is 4.14. The van der Waals surface area contributed by atoms with Gasteiger partial charge in [0.15, 0.2) is 5.17 Å². The zero-order valence-corrected chi connectivity index (χ0v) is 11.4. The number of piperidine rings is 1. The molecule has 0 aromatic carbocycles. The maximum Gasteiger partial charge on any atom is 0.171 e. The Hall–Kier alpha value is -0.220. The quantitative estimate of drug-likeness (QED) is 0.805. The summed E-state index contributed by atoms with van der Waals surface area (Å²) in [6, 6.07) is 1.26. The normalized spacial score (nSPS) is 36.2. The maximum absolute atomic E-state index is 4.58. The van der Waals surface area contributed by atoms with Crippen LogP contribution in [0.4, 0.5) is 0 Å². The topological polar surface area (TPSA) is 27.6 Å². The molecule has 1 saturated heterocycles. The van der Waals surface area contributed by atoms with Crippen molar-refractivity contribution in [3.05, 3.63) is 0 Å². The fourth-order valence-electron chi connectivity index (χ4n) is 2.44. The van der Waals surface area contributed by atoms with E-state index in [-0.39, 0.29) is 0 Å². The summed E-state index contributed by atoms with van der Waals surface area (Å²) in [5, 5.41) is 4.22. The predicted octanol–water partition coefficient (Wildman–Crippen LogP) is 2.64. The molecule has 3 atom stereocenters. The van der Waals surface area contributed by atoms with Gasteiger partial charge in [0.25, 0.3) is 0 Å². The fourth-order valence-corrected chi connectivity index (χ4v) is 3.38. The zero-order valence-electron chi connectivity index (χ0n) is 10.6. The molecule has 0 spiro atoms. The van der Waals surface area contributed by atoms with Crippen molar-refractivity contribution in [1.82, 2.24) is 10.4 Å². The highest BCUT2D eigenvalue weighted by Crippen LogP contribution is 2.25. The van der Waals surface area contributed by atoms with Crippen molar-refractivity contribution in [2.24, 2.45) is 4.99 Å². The smallest absolute Gasteiger partial charge is 0.171 e. The van der Waals surface area contributed by atoms with Crippen LogP contribution in [0.3, 0.4) is 0 Å². The molecule has 0 aliphatic carbocycles. The Morgan fingerprint density at radius 2 is 2.06 bits per heavy atom. The van der Waals surface area contributed by atoms with E-state index in [0.29, 0.717) is 17.3 Å². The van der Waals surface area contributed by atoms with Crippen LogP contribution < -0.4 is 5.43 Å². The van der Waals surface area contributed by atoms with Gasteiger partial charge in [0.05, 0.1) is 6.54 Å². The average Bonchev–Trinajstić information content (AvgIpc) is 2.71. The number of rotatable bonds is 2. The van der Waals surface area contributed by atoms with Crippen LogP contribution in [0.5, 0.6) is 0 Å². The van der Waals surface area contributed by atoms with E-state index >= 15 is 0 Å². The first kappa shape index (κ1) is 12.2. The summed E-state index contributed by atoms with van der Waals surface area (Å²) < 4.78 is 0. The van der Waals surface area contributed by atoms with Gasteiger partial charge in [0.2, 0.25) is 0 Å². The zero-order chi connectivity index (χ0) is 11.5. The number of hydrogen-bond acceptors (Lipinski definition) is 4. The van der Waals surface area contributed by atoms with Gasteiger partial charge in [-0.2, -0.15) is 0 Å². The van der Waals surface area contributed by atoms with E-state index in [1.54, 1.807) is 0 Å². The van der Waals surface area contributed by atoms with Crippen molar-refractivity contribution in [1.29, 1.82) is 0 Å². The van der Waals surface area contributed by atoms with Gasteiger partial charge in [-0.25, -0.2) is 5.01 Å². The van der Waals surface area contributed by atoms with Crippen LogP contribution in [0.25, 0.3) is 0 Å². The fraction of sp³-hybridized carbons (Fsp3) is 0.917. The first-order valence-electron chi connectivity index (χ1n) is 6.46. The van der Waals surface area contributed by atoms with Gasteiger partial charge in [-0.1, -0.05) is 25.1 Å². The van der Waals surface area contributed by atoms with Crippen molar-refractivity contribution in [2.75, 3.05) is 6.54 Å². The number of nitrogens with zero attached hydrogens (tertiary/aromatic N) is 2. The van der Waals surface area contributed by atoms with E-state index in [1.807, 2.05) is 11.8 Å². The molecule has 0 aromatic heterocycles. The third-order valence-corrected chi connectivity index (χ3v) is 4.85. The number of aliphatic imine (C=N–C) groups is 1. The summed E-state index contributed by atoms with van der Waals surface area (Å²) in [7, 11) is 0. The molecule has 3 nitrogen and oxygen atoms in total. The van der Waals surface area contributed by atoms with Gasteiger partial charge in [0.1, 0.15) is 0 Å². The Bertz CT molecular complexity index is 257. The van der Waals surface area contributed by atoms with Crippen LogP contribution in [0.15, 0.2) is 4.99 Å². The summed E-state index contributed by atoms with van der Waals surface area (Å²) >= 11 is 1.91. The lowest BCUT2D eigenvalue weighted by molar-refractivity contribution is 0.0753. The molecule has 2 aliphatic rings. The summed E-state index contributed by atoms with van der Waals surface area (Å²) in [5.41, 5.74) is 3.53. The Morgan fingerprint density at radius 3 is 2.62 bits per heavy atom. The molecule has 1 N–H and O–H groups in total. The minimum atomic E-state index is 0.632.